The number of aryl methyl sites for hydroxylation is 1. The molecule has 1 heterocycles. The Kier molecular flexibility index (Phi) is 5.30. The van der Waals surface area contributed by atoms with Crippen LogP contribution in [0.25, 0.3) is 11.0 Å². The molecule has 0 aliphatic carbocycles. The van der Waals surface area contributed by atoms with Crippen molar-refractivity contribution in [2.45, 2.75) is 6.92 Å². The van der Waals surface area contributed by atoms with Gasteiger partial charge in [0.15, 0.2) is 6.61 Å². The molecular weight excluding hydrogens is 350 g/mol. The van der Waals surface area contributed by atoms with Gasteiger partial charge in [-0.05, 0) is 24.6 Å². The summed E-state index contributed by atoms with van der Waals surface area (Å²) in [6.07, 6.45) is 0. The van der Waals surface area contributed by atoms with Crippen molar-refractivity contribution in [1.82, 2.24) is 0 Å². The van der Waals surface area contributed by atoms with E-state index < -0.39 is 5.63 Å². The highest BCUT2D eigenvalue weighted by Gasteiger charge is 2.09. The van der Waals surface area contributed by atoms with Crippen molar-refractivity contribution >= 4 is 22.6 Å². The largest absolute Gasteiger partial charge is 0.496 e. The molecule has 0 unspecified atom stereocenters. The molecule has 2 aromatic carbocycles. The van der Waals surface area contributed by atoms with Gasteiger partial charge in [-0.15, -0.1) is 0 Å². The Morgan fingerprint density at radius 2 is 1.67 bits per heavy atom. The topological polar surface area (TPSA) is 87.0 Å². The van der Waals surface area contributed by atoms with Gasteiger partial charge in [0.05, 0.1) is 14.2 Å². The Morgan fingerprint density at radius 1 is 1.00 bits per heavy atom. The molecular formula is C20H19NO6. The zero-order valence-electron chi connectivity index (χ0n) is 15.2. The van der Waals surface area contributed by atoms with Gasteiger partial charge in [-0.2, -0.15) is 0 Å². The van der Waals surface area contributed by atoms with Crippen LogP contribution in [0.5, 0.6) is 17.2 Å². The van der Waals surface area contributed by atoms with E-state index in [-0.39, 0.29) is 12.5 Å². The van der Waals surface area contributed by atoms with Crippen LogP contribution < -0.4 is 25.2 Å². The summed E-state index contributed by atoms with van der Waals surface area (Å²) in [5, 5.41) is 3.52. The minimum absolute atomic E-state index is 0.202. The van der Waals surface area contributed by atoms with Gasteiger partial charge < -0.3 is 23.9 Å². The summed E-state index contributed by atoms with van der Waals surface area (Å²) in [4.78, 5) is 23.7. The van der Waals surface area contributed by atoms with Crippen LogP contribution in [0.3, 0.4) is 0 Å². The van der Waals surface area contributed by atoms with Crippen LogP contribution in [-0.2, 0) is 4.79 Å². The van der Waals surface area contributed by atoms with Crippen molar-refractivity contribution in [2.75, 3.05) is 26.1 Å². The van der Waals surface area contributed by atoms with Gasteiger partial charge in [0.25, 0.3) is 5.91 Å². The minimum Gasteiger partial charge on any atom is -0.496 e. The number of carbonyl (C=O) groups is 1. The van der Waals surface area contributed by atoms with Gasteiger partial charge in [0, 0.05) is 41.4 Å². The van der Waals surface area contributed by atoms with E-state index in [0.717, 1.165) is 10.9 Å². The van der Waals surface area contributed by atoms with E-state index in [0.29, 0.717) is 28.5 Å². The standard InChI is InChI=1S/C20H19NO6/c1-12-6-20(23)27-18-7-13(4-5-17(12)18)21-19(22)11-26-16-9-14(24-2)8-15(10-16)25-3/h4-10H,11H2,1-3H3,(H,21,22). The second-order valence-electron chi connectivity index (χ2n) is 5.84. The predicted octanol–water partition coefficient (Wildman–Crippen LogP) is 3.14. The maximum absolute atomic E-state index is 12.2. The van der Waals surface area contributed by atoms with Crippen molar-refractivity contribution in [2.24, 2.45) is 0 Å². The number of ether oxygens (including phenoxy) is 3. The Hall–Kier alpha value is -3.48. The van der Waals surface area contributed by atoms with Gasteiger partial charge in [-0.25, -0.2) is 4.79 Å². The van der Waals surface area contributed by atoms with Crippen LogP contribution in [0, 0.1) is 6.92 Å². The monoisotopic (exact) mass is 369 g/mol. The van der Waals surface area contributed by atoms with Crippen molar-refractivity contribution in [3.05, 3.63) is 58.4 Å². The summed E-state index contributed by atoms with van der Waals surface area (Å²) in [6, 6.07) is 11.6. The highest BCUT2D eigenvalue weighted by Crippen LogP contribution is 2.27. The molecule has 0 saturated carbocycles. The summed E-state index contributed by atoms with van der Waals surface area (Å²) in [6.45, 7) is 1.62. The molecule has 0 aliphatic rings. The highest BCUT2D eigenvalue weighted by atomic mass is 16.5. The van der Waals surface area contributed by atoms with Crippen LogP contribution in [0.1, 0.15) is 5.56 Å². The first-order chi connectivity index (χ1) is 13.0. The van der Waals surface area contributed by atoms with Crippen LogP contribution >= 0.6 is 0 Å². The molecule has 7 heteroatoms. The number of fused-ring (bicyclic) bond motifs is 1. The van der Waals surface area contributed by atoms with Crippen molar-refractivity contribution in [3.63, 3.8) is 0 Å². The first kappa shape index (κ1) is 18.3. The Bertz CT molecular complexity index is 1020. The molecule has 1 amide bonds. The third kappa shape index (κ3) is 4.38. The van der Waals surface area contributed by atoms with E-state index >= 15 is 0 Å². The smallest absolute Gasteiger partial charge is 0.336 e. The maximum atomic E-state index is 12.2. The average molecular weight is 369 g/mol. The number of amides is 1. The quantitative estimate of drug-likeness (QED) is 0.672. The summed E-state index contributed by atoms with van der Waals surface area (Å²) in [5.74, 6) is 1.21. The van der Waals surface area contributed by atoms with Crippen molar-refractivity contribution < 1.29 is 23.4 Å². The van der Waals surface area contributed by atoms with Crippen LogP contribution in [0.4, 0.5) is 5.69 Å². The molecule has 1 aromatic heterocycles. The second kappa shape index (κ2) is 7.82. The number of carbonyl (C=O) groups excluding carboxylic acids is 1. The first-order valence-corrected chi connectivity index (χ1v) is 8.19. The normalized spacial score (nSPS) is 10.5. The summed E-state index contributed by atoms with van der Waals surface area (Å²) in [7, 11) is 3.07. The lowest BCUT2D eigenvalue weighted by Gasteiger charge is -2.11. The van der Waals surface area contributed by atoms with E-state index in [4.69, 9.17) is 18.6 Å². The molecule has 140 valence electrons. The zero-order chi connectivity index (χ0) is 19.4. The molecule has 27 heavy (non-hydrogen) atoms. The lowest BCUT2D eigenvalue weighted by molar-refractivity contribution is -0.118. The Balaban J connectivity index is 1.69. The molecule has 1 N–H and O–H groups in total. The molecule has 0 fully saturated rings. The van der Waals surface area contributed by atoms with Gasteiger partial charge in [-0.3, -0.25) is 4.79 Å². The number of hydrogen-bond acceptors (Lipinski definition) is 6. The summed E-state index contributed by atoms with van der Waals surface area (Å²) in [5.41, 5.74) is 1.30. The van der Waals surface area contributed by atoms with Gasteiger partial charge >= 0.3 is 5.63 Å². The molecule has 7 nitrogen and oxygen atoms in total. The molecule has 3 aromatic rings. The van der Waals surface area contributed by atoms with E-state index in [2.05, 4.69) is 5.32 Å². The number of methoxy groups -OCH3 is 2. The Morgan fingerprint density at radius 3 is 2.33 bits per heavy atom. The fourth-order valence-corrected chi connectivity index (χ4v) is 2.61. The lowest BCUT2D eigenvalue weighted by atomic mass is 10.1. The maximum Gasteiger partial charge on any atom is 0.336 e. The zero-order valence-corrected chi connectivity index (χ0v) is 15.2. The number of rotatable bonds is 6. The fourth-order valence-electron chi connectivity index (χ4n) is 2.61. The van der Waals surface area contributed by atoms with Crippen LogP contribution in [0.15, 0.2) is 51.7 Å². The fraction of sp³-hybridized carbons (Fsp3) is 0.200. The van der Waals surface area contributed by atoms with Gasteiger partial charge in [0.1, 0.15) is 22.8 Å². The molecule has 0 atom stereocenters. The second-order valence-corrected chi connectivity index (χ2v) is 5.84. The first-order valence-electron chi connectivity index (χ1n) is 8.19. The molecule has 0 aliphatic heterocycles. The van der Waals surface area contributed by atoms with E-state index in [1.165, 1.54) is 20.3 Å². The molecule has 0 saturated heterocycles. The molecule has 0 bridgehead atoms. The third-order valence-corrected chi connectivity index (χ3v) is 3.93. The number of anilines is 1. The minimum atomic E-state index is -0.432. The number of benzene rings is 2. The highest BCUT2D eigenvalue weighted by molar-refractivity contribution is 5.94. The van der Waals surface area contributed by atoms with E-state index in [1.807, 2.05) is 6.92 Å². The van der Waals surface area contributed by atoms with Gasteiger partial charge in [-0.1, -0.05) is 0 Å². The SMILES string of the molecule is COc1cc(OC)cc(OCC(=O)Nc2ccc3c(C)cc(=O)oc3c2)c1. The van der Waals surface area contributed by atoms with Crippen LogP contribution in [0.2, 0.25) is 0 Å². The third-order valence-electron chi connectivity index (χ3n) is 3.93. The predicted molar refractivity (Wildman–Crippen MR) is 101 cm³/mol. The van der Waals surface area contributed by atoms with Crippen molar-refractivity contribution in [1.29, 1.82) is 0 Å². The Labute approximate surface area is 155 Å². The summed E-state index contributed by atoms with van der Waals surface area (Å²) < 4.78 is 21.0. The lowest BCUT2D eigenvalue weighted by Crippen LogP contribution is -2.20. The van der Waals surface area contributed by atoms with Gasteiger partial charge in [0.2, 0.25) is 0 Å². The molecule has 3 rings (SSSR count). The van der Waals surface area contributed by atoms with Crippen molar-refractivity contribution in [3.8, 4) is 17.2 Å². The summed E-state index contributed by atoms with van der Waals surface area (Å²) >= 11 is 0. The van der Waals surface area contributed by atoms with E-state index in [9.17, 15) is 9.59 Å². The molecule has 0 radical (unpaired) electrons. The number of nitrogens with one attached hydrogen (secondary N) is 1. The number of hydrogen-bond donors (Lipinski definition) is 1. The van der Waals surface area contributed by atoms with E-state index in [1.54, 1.807) is 36.4 Å². The average Bonchev–Trinajstić information content (AvgIpc) is 2.65. The molecule has 0 spiro atoms. The van der Waals surface area contributed by atoms with Crippen LogP contribution in [-0.4, -0.2) is 26.7 Å².